The van der Waals surface area contributed by atoms with Crippen LogP contribution in [0.4, 0.5) is 4.79 Å². The summed E-state index contributed by atoms with van der Waals surface area (Å²) in [5.41, 5.74) is 11.6. The summed E-state index contributed by atoms with van der Waals surface area (Å²) in [6.07, 6.45) is -1.35. The molecule has 2 amide bonds. The van der Waals surface area contributed by atoms with E-state index in [1.807, 2.05) is 73.7 Å². The molecule has 62 heavy (non-hydrogen) atoms. The fourth-order valence-corrected chi connectivity index (χ4v) is 8.06. The molecule has 14 nitrogen and oxygen atoms in total. The van der Waals surface area contributed by atoms with E-state index in [1.165, 1.54) is 26.8 Å². The SMILES string of the molecule is CC(=O)OC[C@@H]1C[C@H](OC(C)=O)[C@@H](OC(C)=O)[C@H](ONC(=O)/C=C/c2ccc(CN(CCc3c(C)[nH]c4ccccc34)C(=O)OCC3c4ccccc4-c4ccccc43)cc2)O1. The summed E-state index contributed by atoms with van der Waals surface area (Å²) in [5, 5.41) is 1.12. The zero-order chi connectivity index (χ0) is 43.8. The van der Waals surface area contributed by atoms with E-state index in [0.29, 0.717) is 18.5 Å². The number of nitrogens with zero attached hydrogens (tertiary/aromatic N) is 1. The molecule has 0 spiro atoms. The zero-order valence-electron chi connectivity index (χ0n) is 35.0. The molecule has 14 heteroatoms. The van der Waals surface area contributed by atoms with E-state index >= 15 is 0 Å². The minimum absolute atomic E-state index is 0.0434. The Morgan fingerprint density at radius 1 is 0.790 bits per heavy atom. The lowest BCUT2D eigenvalue weighted by Gasteiger charge is -2.39. The van der Waals surface area contributed by atoms with Crippen LogP contribution in [0.5, 0.6) is 0 Å². The number of benzene rings is 4. The zero-order valence-corrected chi connectivity index (χ0v) is 35.0. The lowest BCUT2D eigenvalue weighted by Crippen LogP contribution is -2.55. The summed E-state index contributed by atoms with van der Waals surface area (Å²) in [7, 11) is 0. The maximum absolute atomic E-state index is 14.0. The molecule has 5 aromatic rings. The highest BCUT2D eigenvalue weighted by molar-refractivity contribution is 5.91. The molecule has 7 rings (SSSR count). The largest absolute Gasteiger partial charge is 0.463 e. The number of ether oxygens (including phenoxy) is 5. The van der Waals surface area contributed by atoms with Gasteiger partial charge in [0.2, 0.25) is 6.29 Å². The van der Waals surface area contributed by atoms with Gasteiger partial charge in [0.05, 0.1) is 6.10 Å². The summed E-state index contributed by atoms with van der Waals surface area (Å²) >= 11 is 0. The molecule has 2 heterocycles. The number of aryl methyl sites for hydroxylation is 1. The van der Waals surface area contributed by atoms with Crippen LogP contribution < -0.4 is 5.48 Å². The molecule has 1 aliphatic carbocycles. The lowest BCUT2D eigenvalue weighted by atomic mass is 9.98. The van der Waals surface area contributed by atoms with Crippen molar-refractivity contribution in [3.63, 3.8) is 0 Å². The smallest absolute Gasteiger partial charge is 0.410 e. The number of nitrogens with one attached hydrogen (secondary N) is 2. The van der Waals surface area contributed by atoms with Crippen LogP contribution in [-0.4, -0.2) is 84.2 Å². The van der Waals surface area contributed by atoms with Crippen LogP contribution in [0.1, 0.15) is 66.6 Å². The van der Waals surface area contributed by atoms with E-state index < -0.39 is 54.5 Å². The monoisotopic (exact) mass is 843 g/mol. The Labute approximate surface area is 359 Å². The molecule has 1 saturated heterocycles. The Balaban J connectivity index is 1.01. The van der Waals surface area contributed by atoms with Crippen molar-refractivity contribution in [1.29, 1.82) is 0 Å². The van der Waals surface area contributed by atoms with Gasteiger partial charge in [0.15, 0.2) is 6.10 Å². The Morgan fingerprint density at radius 3 is 2.13 bits per heavy atom. The second-order valence-electron chi connectivity index (χ2n) is 15.3. The van der Waals surface area contributed by atoms with Gasteiger partial charge in [0.1, 0.15) is 19.3 Å². The van der Waals surface area contributed by atoms with E-state index in [-0.39, 0.29) is 32.1 Å². The van der Waals surface area contributed by atoms with Crippen molar-refractivity contribution in [3.05, 3.63) is 137 Å². The van der Waals surface area contributed by atoms with Gasteiger partial charge in [-0.2, -0.15) is 0 Å². The summed E-state index contributed by atoms with van der Waals surface area (Å²) < 4.78 is 27.7. The average Bonchev–Trinajstić information content (AvgIpc) is 3.75. The minimum atomic E-state index is -1.39. The molecule has 0 bridgehead atoms. The molecule has 1 fully saturated rings. The highest BCUT2D eigenvalue weighted by Crippen LogP contribution is 2.44. The first-order valence-corrected chi connectivity index (χ1v) is 20.5. The molecule has 322 valence electrons. The van der Waals surface area contributed by atoms with Crippen LogP contribution in [0, 0.1) is 6.92 Å². The number of amides is 2. The van der Waals surface area contributed by atoms with Crippen molar-refractivity contribution in [1.82, 2.24) is 15.4 Å². The summed E-state index contributed by atoms with van der Waals surface area (Å²) in [5.74, 6) is -2.62. The quantitative estimate of drug-likeness (QED) is 0.0478. The number of aromatic amines is 1. The van der Waals surface area contributed by atoms with Gasteiger partial charge >= 0.3 is 24.0 Å². The van der Waals surface area contributed by atoms with E-state index in [4.69, 9.17) is 28.5 Å². The first-order chi connectivity index (χ1) is 29.9. The molecular weight excluding hydrogens is 795 g/mol. The Bertz CT molecular complexity index is 2410. The van der Waals surface area contributed by atoms with E-state index in [2.05, 4.69) is 40.8 Å². The van der Waals surface area contributed by atoms with Crippen LogP contribution in [-0.2, 0) is 60.7 Å². The number of esters is 3. The van der Waals surface area contributed by atoms with E-state index in [0.717, 1.165) is 50.0 Å². The second-order valence-corrected chi connectivity index (χ2v) is 15.3. The number of hydrogen-bond acceptors (Lipinski definition) is 11. The van der Waals surface area contributed by atoms with Gasteiger partial charge in [-0.25, -0.2) is 15.1 Å². The number of fused-ring (bicyclic) bond motifs is 4. The van der Waals surface area contributed by atoms with Crippen molar-refractivity contribution < 1.29 is 52.5 Å². The number of H-pyrrole nitrogens is 1. The lowest BCUT2D eigenvalue weighted by molar-refractivity contribution is -0.292. The van der Waals surface area contributed by atoms with Crippen LogP contribution >= 0.6 is 0 Å². The topological polar surface area (TPSA) is 172 Å². The first-order valence-electron chi connectivity index (χ1n) is 20.5. The third-order valence-corrected chi connectivity index (χ3v) is 10.9. The maximum Gasteiger partial charge on any atom is 0.410 e. The van der Waals surface area contributed by atoms with Crippen molar-refractivity contribution >= 4 is 46.9 Å². The molecule has 2 aliphatic rings. The van der Waals surface area contributed by atoms with Crippen molar-refractivity contribution in [2.24, 2.45) is 0 Å². The molecule has 2 N–H and O–H groups in total. The van der Waals surface area contributed by atoms with Crippen molar-refractivity contribution in [3.8, 4) is 11.1 Å². The molecule has 1 aliphatic heterocycles. The first kappa shape index (κ1) is 43.3. The van der Waals surface area contributed by atoms with Crippen molar-refractivity contribution in [2.45, 2.75) is 77.6 Å². The fourth-order valence-electron chi connectivity index (χ4n) is 8.06. The van der Waals surface area contributed by atoms with Crippen molar-refractivity contribution in [2.75, 3.05) is 19.8 Å². The van der Waals surface area contributed by atoms with Crippen LogP contribution in [0.25, 0.3) is 28.1 Å². The third kappa shape index (κ3) is 10.6. The Kier molecular flexibility index (Phi) is 13.8. The van der Waals surface area contributed by atoms with Gasteiger partial charge in [-0.3, -0.25) is 19.2 Å². The summed E-state index contributed by atoms with van der Waals surface area (Å²) in [6, 6.07) is 32.0. The molecule has 1 aromatic heterocycles. The fraction of sp³-hybridized carbons (Fsp3) is 0.312. The van der Waals surface area contributed by atoms with E-state index in [1.54, 1.807) is 11.0 Å². The Hall–Kier alpha value is -6.77. The Morgan fingerprint density at radius 2 is 1.45 bits per heavy atom. The number of aromatic nitrogens is 1. The number of carbonyl (C=O) groups is 5. The predicted octanol–water partition coefficient (Wildman–Crippen LogP) is 7.07. The molecule has 0 radical (unpaired) electrons. The number of para-hydroxylation sites is 1. The number of rotatable bonds is 15. The predicted molar refractivity (Wildman–Crippen MR) is 228 cm³/mol. The van der Waals surface area contributed by atoms with Crippen LogP contribution in [0.2, 0.25) is 0 Å². The number of hydroxylamine groups is 1. The highest BCUT2D eigenvalue weighted by Gasteiger charge is 2.45. The van der Waals surface area contributed by atoms with Gasteiger partial charge in [0, 0.05) is 68.9 Å². The molecule has 4 aromatic carbocycles. The standard InChI is InChI=1S/C48H49N3O11/c1-29-36(41-15-9-10-16-43(41)49-29)23-24-51(48(56)58-28-42-39-13-7-5-11-37(39)38-12-6-8-14-40(38)42)26-34-19-17-33(18-20-34)21-22-45(55)50-62-47-46(60-32(4)54)44(59-31(3)53)25-35(61-47)27-57-30(2)52/h5-22,35,42,44,46-47,49H,23-28H2,1-4H3,(H,50,55)/b22-21+/t35-,44-,46+,47-/m0/s1. The number of hydrogen-bond donors (Lipinski definition) is 2. The van der Waals surface area contributed by atoms with Gasteiger partial charge < -0.3 is 33.6 Å². The third-order valence-electron chi connectivity index (χ3n) is 10.9. The minimum Gasteiger partial charge on any atom is -0.463 e. The van der Waals surface area contributed by atoms with Gasteiger partial charge in [0.25, 0.3) is 5.91 Å². The van der Waals surface area contributed by atoms with Gasteiger partial charge in [-0.15, -0.1) is 0 Å². The summed E-state index contributed by atoms with van der Waals surface area (Å²) in [6.45, 7) is 6.36. The van der Waals surface area contributed by atoms with Gasteiger partial charge in [-0.05, 0) is 64.4 Å². The molecule has 0 saturated carbocycles. The van der Waals surface area contributed by atoms with Gasteiger partial charge in [-0.1, -0.05) is 91.0 Å². The molecular formula is C48H49N3O11. The average molecular weight is 844 g/mol. The highest BCUT2D eigenvalue weighted by atomic mass is 16.8. The maximum atomic E-state index is 14.0. The summed E-state index contributed by atoms with van der Waals surface area (Å²) in [4.78, 5) is 72.8. The van der Waals surface area contributed by atoms with Crippen LogP contribution in [0.3, 0.4) is 0 Å². The van der Waals surface area contributed by atoms with Crippen LogP contribution in [0.15, 0.2) is 103 Å². The normalized spacial score (nSPS) is 18.1. The second kappa shape index (κ2) is 19.7. The molecule has 4 atom stereocenters. The van der Waals surface area contributed by atoms with E-state index in [9.17, 15) is 24.0 Å². The number of carbonyl (C=O) groups excluding carboxylic acids is 5. The molecule has 0 unspecified atom stereocenters.